The molecule has 4 aromatic heterocycles. The van der Waals surface area contributed by atoms with E-state index in [2.05, 4.69) is 113 Å². The highest BCUT2D eigenvalue weighted by Gasteiger charge is 2.29. The van der Waals surface area contributed by atoms with Gasteiger partial charge in [0.2, 0.25) is 11.9 Å². The minimum Gasteiger partial charge on any atom is -0.356 e. The summed E-state index contributed by atoms with van der Waals surface area (Å²) in [5.41, 5.74) is 3.52. The second-order valence-electron chi connectivity index (χ2n) is 14.3. The molecule has 56 heavy (non-hydrogen) atoms. The van der Waals surface area contributed by atoms with E-state index >= 15 is 0 Å². The predicted molar refractivity (Wildman–Crippen MR) is 232 cm³/mol. The number of guanidine groups is 3. The Bertz CT molecular complexity index is 1930. The van der Waals surface area contributed by atoms with Gasteiger partial charge in [-0.1, -0.05) is 24.3 Å². The van der Waals surface area contributed by atoms with Crippen LogP contribution < -0.4 is 15.1 Å². The lowest BCUT2D eigenvalue weighted by molar-refractivity contribution is 0.346. The summed E-state index contributed by atoms with van der Waals surface area (Å²) in [5.74, 6) is 5.22. The van der Waals surface area contributed by atoms with Crippen molar-refractivity contribution in [2.24, 2.45) is 15.0 Å². The van der Waals surface area contributed by atoms with Gasteiger partial charge in [0, 0.05) is 78.5 Å². The molecule has 0 radical (unpaired) electrons. The van der Waals surface area contributed by atoms with Crippen molar-refractivity contribution in [3.05, 3.63) is 82.0 Å². The van der Waals surface area contributed by atoms with Gasteiger partial charge in [0.25, 0.3) is 0 Å². The number of rotatable bonds is 4. The average Bonchev–Trinajstić information content (AvgIpc) is 3.26. The zero-order valence-electron chi connectivity index (χ0n) is 31.8. The van der Waals surface area contributed by atoms with Gasteiger partial charge in [-0.2, -0.15) is 0 Å². The number of aromatic nitrogens is 4. The molecule has 0 aromatic carbocycles. The standard InChI is InChI=1S/C24H30N8.C10H6Br2N2.C7H13N3/c1-7-19(27-21(9-1)31-17-5-15-29-13-3-11-25-23(29)31)20-8-2-10-22(28-20)32-18-6-16-30-14-4-12-26-24(30)32;11-9-5-1-3-7(13-9)8-4-2-6-10(12)14-8;1-3-8-7-9-4-2-6-10(7)5-1/h1-2,7-10H,3-6,11-18H2;1-6H;1-6H2,(H,8,9). The molecule has 4 aromatic rings. The van der Waals surface area contributed by atoms with E-state index < -0.39 is 0 Å². The second kappa shape index (κ2) is 18.5. The van der Waals surface area contributed by atoms with E-state index in [4.69, 9.17) is 20.0 Å². The predicted octanol–water partition coefficient (Wildman–Crippen LogP) is 6.40. The molecule has 3 saturated heterocycles. The highest BCUT2D eigenvalue weighted by molar-refractivity contribution is 9.10. The monoisotopic (exact) mass is 881 g/mol. The Morgan fingerprint density at radius 1 is 0.429 bits per heavy atom. The molecule has 6 aliphatic rings. The van der Waals surface area contributed by atoms with E-state index in [1.165, 1.54) is 25.9 Å². The number of anilines is 2. The number of nitrogens with one attached hydrogen (secondary N) is 1. The molecule has 292 valence electrons. The molecule has 0 atom stereocenters. The average molecular weight is 884 g/mol. The van der Waals surface area contributed by atoms with Crippen molar-refractivity contribution in [3.8, 4) is 22.8 Å². The Morgan fingerprint density at radius 2 is 0.857 bits per heavy atom. The van der Waals surface area contributed by atoms with E-state index in [1.54, 1.807) is 0 Å². The molecule has 0 amide bonds. The Morgan fingerprint density at radius 3 is 1.36 bits per heavy atom. The lowest BCUT2D eigenvalue weighted by Gasteiger charge is -2.40. The maximum absolute atomic E-state index is 5.02. The van der Waals surface area contributed by atoms with Crippen molar-refractivity contribution in [2.45, 2.75) is 38.5 Å². The van der Waals surface area contributed by atoms with Crippen molar-refractivity contribution in [2.75, 3.05) is 88.3 Å². The minimum absolute atomic E-state index is 0.816. The third-order valence-electron chi connectivity index (χ3n) is 10.4. The maximum Gasteiger partial charge on any atom is 0.202 e. The van der Waals surface area contributed by atoms with Crippen LogP contribution in [-0.4, -0.2) is 131 Å². The molecule has 1 N–H and O–H groups in total. The summed E-state index contributed by atoms with van der Waals surface area (Å²) in [4.78, 5) is 44.4. The second-order valence-corrected chi connectivity index (χ2v) is 16.0. The molecular weight excluding hydrogens is 834 g/mol. The topological polar surface area (TPSA) is 117 Å². The zero-order chi connectivity index (χ0) is 38.1. The van der Waals surface area contributed by atoms with Crippen LogP contribution in [0.3, 0.4) is 0 Å². The number of fused-ring (bicyclic) bond motifs is 3. The van der Waals surface area contributed by atoms with Gasteiger partial charge in [0.05, 0.1) is 22.8 Å². The first kappa shape index (κ1) is 38.3. The van der Waals surface area contributed by atoms with Gasteiger partial charge < -0.3 is 20.0 Å². The van der Waals surface area contributed by atoms with Gasteiger partial charge in [-0.3, -0.25) is 24.8 Å². The third-order valence-corrected chi connectivity index (χ3v) is 11.2. The molecule has 3 fully saturated rings. The summed E-state index contributed by atoms with van der Waals surface area (Å²) >= 11 is 6.65. The fraction of sp³-hybridized carbons (Fsp3) is 0.439. The van der Waals surface area contributed by atoms with Crippen LogP contribution >= 0.6 is 31.9 Å². The molecule has 0 bridgehead atoms. The zero-order valence-corrected chi connectivity index (χ0v) is 35.0. The van der Waals surface area contributed by atoms with Crippen molar-refractivity contribution >= 4 is 61.4 Å². The van der Waals surface area contributed by atoms with Crippen molar-refractivity contribution in [3.63, 3.8) is 0 Å². The van der Waals surface area contributed by atoms with E-state index in [0.29, 0.717) is 0 Å². The molecule has 0 saturated carbocycles. The quantitative estimate of drug-likeness (QED) is 0.231. The molecule has 13 nitrogen and oxygen atoms in total. The number of nitrogens with zero attached hydrogens (tertiary/aromatic N) is 12. The van der Waals surface area contributed by atoms with Crippen LogP contribution in [0.25, 0.3) is 22.8 Å². The molecule has 0 unspecified atom stereocenters. The third kappa shape index (κ3) is 9.31. The largest absolute Gasteiger partial charge is 0.356 e. The minimum atomic E-state index is 0.816. The molecule has 10 rings (SSSR count). The van der Waals surface area contributed by atoms with Gasteiger partial charge in [0.15, 0.2) is 5.96 Å². The van der Waals surface area contributed by atoms with Crippen LogP contribution in [0.2, 0.25) is 0 Å². The van der Waals surface area contributed by atoms with Gasteiger partial charge in [-0.15, -0.1) is 0 Å². The fourth-order valence-electron chi connectivity index (χ4n) is 7.73. The number of halogens is 2. The number of aliphatic imine (C=N–C) groups is 3. The smallest absolute Gasteiger partial charge is 0.202 e. The Kier molecular flexibility index (Phi) is 12.7. The van der Waals surface area contributed by atoms with Crippen molar-refractivity contribution in [1.82, 2.24) is 40.0 Å². The van der Waals surface area contributed by atoms with Crippen LogP contribution in [0.4, 0.5) is 11.6 Å². The first-order chi connectivity index (χ1) is 27.6. The van der Waals surface area contributed by atoms with Crippen molar-refractivity contribution < 1.29 is 0 Å². The number of hydrogen-bond acceptors (Lipinski definition) is 13. The maximum atomic E-state index is 5.02. The summed E-state index contributed by atoms with van der Waals surface area (Å²) in [6.45, 7) is 12.6. The molecule has 0 spiro atoms. The first-order valence-corrected chi connectivity index (χ1v) is 21.5. The van der Waals surface area contributed by atoms with E-state index in [-0.39, 0.29) is 0 Å². The summed E-state index contributed by atoms with van der Waals surface area (Å²) < 4.78 is 1.63. The number of hydrogen-bond donors (Lipinski definition) is 1. The van der Waals surface area contributed by atoms with E-state index in [1.807, 2.05) is 36.4 Å². The summed E-state index contributed by atoms with van der Waals surface area (Å²) in [7, 11) is 0. The fourth-order valence-corrected chi connectivity index (χ4v) is 8.42. The van der Waals surface area contributed by atoms with Crippen LogP contribution in [-0.2, 0) is 0 Å². The summed E-state index contributed by atoms with van der Waals surface area (Å²) in [6, 6.07) is 24.0. The van der Waals surface area contributed by atoms with Crippen molar-refractivity contribution in [1.29, 1.82) is 0 Å². The molecule has 0 aliphatic carbocycles. The highest BCUT2D eigenvalue weighted by Crippen LogP contribution is 2.27. The van der Waals surface area contributed by atoms with Crippen LogP contribution in [0, 0.1) is 0 Å². The van der Waals surface area contributed by atoms with Gasteiger partial charge in [-0.05, 0) is 119 Å². The summed E-state index contributed by atoms with van der Waals surface area (Å²) in [5, 5.41) is 3.30. The molecule has 15 heteroatoms. The Hall–Kier alpha value is -4.63. The highest BCUT2D eigenvalue weighted by atomic mass is 79.9. The molecular formula is C41H49Br2N13. The van der Waals surface area contributed by atoms with Crippen LogP contribution in [0.15, 0.2) is 97.0 Å². The lowest BCUT2D eigenvalue weighted by atomic mass is 10.2. The van der Waals surface area contributed by atoms with Crippen LogP contribution in [0.1, 0.15) is 38.5 Å². The molecule has 6 aliphatic heterocycles. The summed E-state index contributed by atoms with van der Waals surface area (Å²) in [6.07, 6.45) is 7.03. The van der Waals surface area contributed by atoms with Crippen LogP contribution in [0.5, 0.6) is 0 Å². The van der Waals surface area contributed by atoms with Gasteiger partial charge in [-0.25, -0.2) is 19.9 Å². The lowest BCUT2D eigenvalue weighted by Crippen LogP contribution is -2.52. The number of pyridine rings is 4. The Labute approximate surface area is 346 Å². The van der Waals surface area contributed by atoms with E-state index in [9.17, 15) is 0 Å². The van der Waals surface area contributed by atoms with E-state index in [0.717, 1.165) is 153 Å². The molecule has 10 heterocycles. The SMILES string of the molecule is Brc1cccc(-c2cccc(Br)n2)n1.C1CN=C2NCCCN2C1.c1cc(-c2cccc(N3CCCN4CCCN=C43)n2)nc(N2CCCN3CCCN=C32)c1. The van der Waals surface area contributed by atoms with Gasteiger partial charge >= 0.3 is 0 Å². The van der Waals surface area contributed by atoms with Gasteiger partial charge in [0.1, 0.15) is 20.8 Å². The first-order valence-electron chi connectivity index (χ1n) is 20.0. The normalized spacial score (nSPS) is 19.0. The Balaban J connectivity index is 0.000000150.